The minimum Gasteiger partial charge on any atom is -0.506 e. The highest BCUT2D eigenvalue weighted by molar-refractivity contribution is 7.51. The standard InChI is InChI=1S/C10H16NO5P/c1-7-10(13)9(8(6-12)5-11-7)3-4-16-17(2,14)15/h5,12-13H,3-4,6H2,1-2H3,(H,14,15). The Balaban J connectivity index is 2.82. The maximum Gasteiger partial charge on any atom is 0.325 e. The molecule has 0 aromatic carbocycles. The molecule has 0 aliphatic carbocycles. The lowest BCUT2D eigenvalue weighted by atomic mass is 10.1. The van der Waals surface area contributed by atoms with Crippen molar-refractivity contribution in [3.8, 4) is 5.75 Å². The Bertz CT molecular complexity index is 443. The second-order valence-corrected chi connectivity index (χ2v) is 5.60. The molecule has 0 radical (unpaired) electrons. The molecule has 1 atom stereocenters. The van der Waals surface area contributed by atoms with Crippen LogP contribution in [-0.4, -0.2) is 33.4 Å². The van der Waals surface area contributed by atoms with E-state index in [-0.39, 0.29) is 25.4 Å². The number of aromatic hydroxyl groups is 1. The number of hydrogen-bond donors (Lipinski definition) is 3. The van der Waals surface area contributed by atoms with Crippen molar-refractivity contribution in [3.63, 3.8) is 0 Å². The molecule has 0 saturated heterocycles. The van der Waals surface area contributed by atoms with Crippen molar-refractivity contribution < 1.29 is 24.2 Å². The lowest BCUT2D eigenvalue weighted by molar-refractivity contribution is 0.261. The first kappa shape index (κ1) is 14.1. The minimum absolute atomic E-state index is 0.00566. The fraction of sp³-hybridized carbons (Fsp3) is 0.500. The molecule has 6 nitrogen and oxygen atoms in total. The highest BCUT2D eigenvalue weighted by atomic mass is 31.2. The number of aromatic nitrogens is 1. The van der Waals surface area contributed by atoms with E-state index in [2.05, 4.69) is 4.98 Å². The van der Waals surface area contributed by atoms with Crippen LogP contribution in [0.15, 0.2) is 6.20 Å². The van der Waals surface area contributed by atoms with E-state index in [9.17, 15) is 9.67 Å². The molecular formula is C10H16NO5P. The molecule has 0 amide bonds. The molecule has 3 N–H and O–H groups in total. The van der Waals surface area contributed by atoms with Gasteiger partial charge in [-0.05, 0) is 6.92 Å². The van der Waals surface area contributed by atoms with Gasteiger partial charge in [-0.15, -0.1) is 0 Å². The molecule has 0 aliphatic rings. The number of nitrogens with zero attached hydrogens (tertiary/aromatic N) is 1. The van der Waals surface area contributed by atoms with Crippen molar-refractivity contribution in [2.45, 2.75) is 20.0 Å². The third kappa shape index (κ3) is 4.09. The fourth-order valence-electron chi connectivity index (χ4n) is 1.42. The number of hydrogen-bond acceptors (Lipinski definition) is 5. The van der Waals surface area contributed by atoms with Crippen LogP contribution < -0.4 is 0 Å². The molecule has 1 rings (SSSR count). The van der Waals surface area contributed by atoms with Crippen molar-refractivity contribution in [1.82, 2.24) is 4.98 Å². The Morgan fingerprint density at radius 3 is 2.71 bits per heavy atom. The van der Waals surface area contributed by atoms with Crippen LogP contribution in [0.2, 0.25) is 0 Å². The number of rotatable bonds is 5. The number of aliphatic hydroxyl groups is 1. The molecular weight excluding hydrogens is 245 g/mol. The van der Waals surface area contributed by atoms with Crippen molar-refractivity contribution >= 4 is 7.60 Å². The van der Waals surface area contributed by atoms with Crippen LogP contribution in [0.5, 0.6) is 5.75 Å². The number of pyridine rings is 1. The summed E-state index contributed by atoms with van der Waals surface area (Å²) < 4.78 is 15.6. The maximum atomic E-state index is 10.9. The van der Waals surface area contributed by atoms with E-state index in [4.69, 9.17) is 14.5 Å². The first-order valence-corrected chi connectivity index (χ1v) is 7.09. The summed E-state index contributed by atoms with van der Waals surface area (Å²) in [5, 5.41) is 18.9. The Morgan fingerprint density at radius 2 is 2.18 bits per heavy atom. The largest absolute Gasteiger partial charge is 0.506 e. The van der Waals surface area contributed by atoms with Gasteiger partial charge in [0.25, 0.3) is 0 Å². The van der Waals surface area contributed by atoms with E-state index in [1.54, 1.807) is 6.92 Å². The van der Waals surface area contributed by atoms with E-state index in [1.807, 2.05) is 0 Å². The van der Waals surface area contributed by atoms with Gasteiger partial charge < -0.3 is 19.6 Å². The zero-order valence-corrected chi connectivity index (χ0v) is 10.6. The molecule has 1 heterocycles. The third-order valence-electron chi connectivity index (χ3n) is 2.28. The van der Waals surface area contributed by atoms with Gasteiger partial charge in [0.05, 0.1) is 18.9 Å². The Morgan fingerprint density at radius 1 is 1.53 bits per heavy atom. The normalized spacial score (nSPS) is 14.6. The highest BCUT2D eigenvalue weighted by Gasteiger charge is 2.14. The Kier molecular flexibility index (Phi) is 4.65. The van der Waals surface area contributed by atoms with E-state index in [0.29, 0.717) is 16.8 Å². The van der Waals surface area contributed by atoms with Crippen LogP contribution in [0.25, 0.3) is 0 Å². The van der Waals surface area contributed by atoms with Crippen LogP contribution in [-0.2, 0) is 22.1 Å². The lowest BCUT2D eigenvalue weighted by Crippen LogP contribution is -2.03. The van der Waals surface area contributed by atoms with Crippen LogP contribution in [0, 0.1) is 6.92 Å². The number of aliphatic hydroxyl groups excluding tert-OH is 1. The molecule has 0 fully saturated rings. The van der Waals surface area contributed by atoms with Crippen LogP contribution in [0.3, 0.4) is 0 Å². The summed E-state index contributed by atoms with van der Waals surface area (Å²) in [6.07, 6.45) is 1.71. The molecule has 17 heavy (non-hydrogen) atoms. The van der Waals surface area contributed by atoms with E-state index >= 15 is 0 Å². The first-order valence-electron chi connectivity index (χ1n) is 5.07. The number of aryl methyl sites for hydroxylation is 1. The predicted molar refractivity (Wildman–Crippen MR) is 62.0 cm³/mol. The second kappa shape index (κ2) is 5.60. The molecule has 1 aromatic rings. The average Bonchev–Trinajstić information content (AvgIpc) is 2.23. The summed E-state index contributed by atoms with van der Waals surface area (Å²) >= 11 is 0. The topological polar surface area (TPSA) is 99.9 Å². The van der Waals surface area contributed by atoms with Gasteiger partial charge in [-0.1, -0.05) is 0 Å². The smallest absolute Gasteiger partial charge is 0.325 e. The molecule has 1 aromatic heterocycles. The van der Waals surface area contributed by atoms with Gasteiger partial charge in [-0.25, -0.2) is 0 Å². The Hall–Kier alpha value is -0.940. The molecule has 96 valence electrons. The van der Waals surface area contributed by atoms with Gasteiger partial charge in [0.2, 0.25) is 0 Å². The maximum absolute atomic E-state index is 10.9. The fourth-order valence-corrected chi connectivity index (χ4v) is 1.85. The quantitative estimate of drug-likeness (QED) is 0.683. The molecule has 7 heteroatoms. The van der Waals surface area contributed by atoms with Gasteiger partial charge in [0.15, 0.2) is 0 Å². The van der Waals surface area contributed by atoms with Gasteiger partial charge in [-0.2, -0.15) is 0 Å². The zero-order chi connectivity index (χ0) is 13.1. The van der Waals surface area contributed by atoms with Crippen molar-refractivity contribution in [2.24, 2.45) is 0 Å². The van der Waals surface area contributed by atoms with Crippen LogP contribution in [0.1, 0.15) is 16.8 Å². The molecule has 0 bridgehead atoms. The lowest BCUT2D eigenvalue weighted by Gasteiger charge is -2.12. The van der Waals surface area contributed by atoms with Crippen molar-refractivity contribution in [2.75, 3.05) is 13.3 Å². The summed E-state index contributed by atoms with van der Waals surface area (Å²) in [7, 11) is -3.51. The van der Waals surface area contributed by atoms with Crippen molar-refractivity contribution in [1.29, 1.82) is 0 Å². The summed E-state index contributed by atoms with van der Waals surface area (Å²) in [5.74, 6) is -0.0102. The van der Waals surface area contributed by atoms with E-state index in [0.717, 1.165) is 6.66 Å². The molecule has 0 saturated carbocycles. The summed E-state index contributed by atoms with van der Waals surface area (Å²) in [6, 6.07) is 0. The predicted octanol–water partition coefficient (Wildman–Crippen LogP) is 0.962. The van der Waals surface area contributed by atoms with Crippen molar-refractivity contribution in [3.05, 3.63) is 23.0 Å². The van der Waals surface area contributed by atoms with Gasteiger partial charge >= 0.3 is 7.60 Å². The third-order valence-corrected chi connectivity index (χ3v) is 2.95. The highest BCUT2D eigenvalue weighted by Crippen LogP contribution is 2.37. The minimum atomic E-state index is -3.51. The average molecular weight is 261 g/mol. The molecule has 1 unspecified atom stereocenters. The van der Waals surface area contributed by atoms with Gasteiger partial charge in [-0.3, -0.25) is 9.55 Å². The summed E-state index contributed by atoms with van der Waals surface area (Å²) in [4.78, 5) is 12.9. The van der Waals surface area contributed by atoms with Crippen LogP contribution >= 0.6 is 7.60 Å². The van der Waals surface area contributed by atoms with E-state index < -0.39 is 7.60 Å². The zero-order valence-electron chi connectivity index (χ0n) is 9.75. The van der Waals surface area contributed by atoms with Gasteiger partial charge in [0.1, 0.15) is 5.75 Å². The monoisotopic (exact) mass is 261 g/mol. The van der Waals surface area contributed by atoms with E-state index in [1.165, 1.54) is 6.20 Å². The first-order chi connectivity index (χ1) is 7.85. The molecule has 0 spiro atoms. The Labute approximate surface area is 99.4 Å². The summed E-state index contributed by atoms with van der Waals surface area (Å²) in [5.41, 5.74) is 1.43. The molecule has 0 aliphatic heterocycles. The van der Waals surface area contributed by atoms with Crippen LogP contribution in [0.4, 0.5) is 0 Å². The second-order valence-electron chi connectivity index (χ2n) is 3.74. The summed E-state index contributed by atoms with van der Waals surface area (Å²) in [6.45, 7) is 2.47. The van der Waals surface area contributed by atoms with Gasteiger partial charge in [0, 0.05) is 30.4 Å². The SMILES string of the molecule is Cc1ncc(CO)c(CCOP(C)(=O)O)c1O.